The van der Waals surface area contributed by atoms with Crippen molar-refractivity contribution >= 4 is 14.1 Å². The van der Waals surface area contributed by atoms with Crippen LogP contribution in [0.5, 0.6) is 0 Å². The average molecular weight is 284 g/mol. The molecule has 4 heteroatoms. The van der Waals surface area contributed by atoms with E-state index < -0.39 is 13.9 Å². The molecule has 0 radical (unpaired) electrons. The van der Waals surface area contributed by atoms with E-state index in [0.717, 1.165) is 18.6 Å². The zero-order valence-electron chi connectivity index (χ0n) is 13.4. The topological polar surface area (TPSA) is 35.5 Å². The number of ether oxygens (including phenoxy) is 1. The summed E-state index contributed by atoms with van der Waals surface area (Å²) in [5.74, 6) is 0.837. The third-order valence-electron chi connectivity index (χ3n) is 4.18. The van der Waals surface area contributed by atoms with Crippen molar-refractivity contribution < 1.29 is 14.0 Å². The molecule has 0 unspecified atom stereocenters. The minimum Gasteiger partial charge on any atom is -0.481 e. The minimum absolute atomic E-state index is 0.0367. The number of carbonyl (C=O) groups is 1. The Morgan fingerprint density at radius 3 is 2.42 bits per heavy atom. The quantitative estimate of drug-likeness (QED) is 0.714. The maximum absolute atomic E-state index is 12.1. The molecule has 0 N–H and O–H groups in total. The molecule has 1 aliphatic rings. The van der Waals surface area contributed by atoms with E-state index in [1.54, 1.807) is 6.08 Å². The number of hydrogen-bond donors (Lipinski definition) is 0. The van der Waals surface area contributed by atoms with Crippen LogP contribution in [0.2, 0.25) is 18.1 Å². The molecule has 110 valence electrons. The molecule has 0 aromatic rings. The number of rotatable bonds is 5. The highest BCUT2D eigenvalue weighted by Gasteiger charge is 2.44. The predicted molar refractivity (Wildman–Crippen MR) is 80.6 cm³/mol. The predicted octanol–water partition coefficient (Wildman–Crippen LogP) is 4.05. The van der Waals surface area contributed by atoms with Crippen molar-refractivity contribution in [2.45, 2.75) is 71.2 Å². The normalized spacial score (nSPS) is 24.4. The van der Waals surface area contributed by atoms with E-state index in [-0.39, 0.29) is 10.8 Å². The molecule has 0 saturated heterocycles. The summed E-state index contributed by atoms with van der Waals surface area (Å²) < 4.78 is 12.0. The molecule has 0 saturated carbocycles. The van der Waals surface area contributed by atoms with Gasteiger partial charge in [0.05, 0.1) is 6.61 Å². The van der Waals surface area contributed by atoms with Gasteiger partial charge in [-0.2, -0.15) is 0 Å². The van der Waals surface area contributed by atoms with Crippen LogP contribution in [-0.2, 0) is 14.0 Å². The fourth-order valence-corrected chi connectivity index (χ4v) is 2.74. The maximum Gasteiger partial charge on any atom is 0.204 e. The smallest absolute Gasteiger partial charge is 0.204 e. The summed E-state index contributed by atoms with van der Waals surface area (Å²) in [6, 6.07) is 0. The third-order valence-corrected chi connectivity index (χ3v) is 8.66. The summed E-state index contributed by atoms with van der Waals surface area (Å²) in [6.45, 7) is 15.2. The fourth-order valence-electron chi connectivity index (χ4n) is 1.67. The summed E-state index contributed by atoms with van der Waals surface area (Å²) in [5, 5.41) is 0.144. The highest BCUT2D eigenvalue weighted by molar-refractivity contribution is 6.74. The molecule has 0 aromatic carbocycles. The van der Waals surface area contributed by atoms with Gasteiger partial charge in [0.15, 0.2) is 13.9 Å². The summed E-state index contributed by atoms with van der Waals surface area (Å²) in [4.78, 5) is 12.1. The lowest BCUT2D eigenvalue weighted by Crippen LogP contribution is -2.47. The molecular formula is C15H28O3Si. The summed E-state index contributed by atoms with van der Waals surface area (Å²) in [5.41, 5.74) is -0.819. The first-order valence-corrected chi connectivity index (χ1v) is 10.0. The van der Waals surface area contributed by atoms with Gasteiger partial charge in [-0.3, -0.25) is 4.79 Å². The molecule has 0 amide bonds. The molecule has 0 aromatic heterocycles. The van der Waals surface area contributed by atoms with Crippen LogP contribution in [0, 0.1) is 0 Å². The van der Waals surface area contributed by atoms with Crippen molar-refractivity contribution in [3.05, 3.63) is 11.8 Å². The molecule has 0 bridgehead atoms. The van der Waals surface area contributed by atoms with Crippen molar-refractivity contribution in [3.63, 3.8) is 0 Å². The van der Waals surface area contributed by atoms with E-state index in [2.05, 4.69) is 40.8 Å². The third kappa shape index (κ3) is 3.69. The first-order valence-electron chi connectivity index (χ1n) is 7.10. The van der Waals surface area contributed by atoms with Crippen LogP contribution in [-0.4, -0.2) is 26.3 Å². The molecular weight excluding hydrogens is 256 g/mol. The van der Waals surface area contributed by atoms with Gasteiger partial charge in [-0.25, -0.2) is 0 Å². The van der Waals surface area contributed by atoms with Crippen LogP contribution in [0.4, 0.5) is 0 Å². The Bertz CT molecular complexity index is 379. The van der Waals surface area contributed by atoms with Crippen molar-refractivity contribution in [1.82, 2.24) is 0 Å². The van der Waals surface area contributed by atoms with E-state index in [4.69, 9.17) is 9.16 Å². The standard InChI is InChI=1S/C15H28O3Si/c1-8-9-12-10-13(16)15(5,18-12)11-17-19(6,7)14(2,3)4/h10H,8-9,11H2,1-7H3/t15-/m1/s1. The van der Waals surface area contributed by atoms with E-state index in [1.165, 1.54) is 0 Å². The van der Waals surface area contributed by atoms with E-state index in [9.17, 15) is 4.79 Å². The van der Waals surface area contributed by atoms with Gasteiger partial charge in [-0.05, 0) is 31.5 Å². The van der Waals surface area contributed by atoms with Crippen LogP contribution in [0.25, 0.3) is 0 Å². The lowest BCUT2D eigenvalue weighted by molar-refractivity contribution is -0.131. The summed E-state index contributed by atoms with van der Waals surface area (Å²) in [6.07, 6.45) is 3.44. The summed E-state index contributed by atoms with van der Waals surface area (Å²) >= 11 is 0. The monoisotopic (exact) mass is 284 g/mol. The molecule has 1 aliphatic heterocycles. The van der Waals surface area contributed by atoms with E-state index >= 15 is 0 Å². The number of ketones is 1. The van der Waals surface area contributed by atoms with Crippen molar-refractivity contribution in [3.8, 4) is 0 Å². The van der Waals surface area contributed by atoms with Crippen LogP contribution in [0.1, 0.15) is 47.5 Å². The van der Waals surface area contributed by atoms with Crippen molar-refractivity contribution in [2.24, 2.45) is 0 Å². The Kier molecular flexibility index (Phi) is 4.68. The molecule has 19 heavy (non-hydrogen) atoms. The molecule has 3 nitrogen and oxygen atoms in total. The van der Waals surface area contributed by atoms with Gasteiger partial charge in [-0.15, -0.1) is 0 Å². The Hall–Kier alpha value is -0.613. The second-order valence-corrected chi connectivity index (χ2v) is 11.9. The van der Waals surface area contributed by atoms with Crippen LogP contribution < -0.4 is 0 Å². The first kappa shape index (κ1) is 16.4. The highest BCUT2D eigenvalue weighted by Crippen LogP contribution is 2.38. The zero-order chi connectivity index (χ0) is 14.9. The first-order chi connectivity index (χ1) is 8.52. The SMILES string of the molecule is CCCC1=CC(=O)[C@@](C)(CO[Si](C)(C)C(C)(C)C)O1. The van der Waals surface area contributed by atoms with Crippen LogP contribution in [0.3, 0.4) is 0 Å². The Morgan fingerprint density at radius 2 is 1.95 bits per heavy atom. The lowest BCUT2D eigenvalue weighted by atomic mass is 10.0. The maximum atomic E-state index is 12.1. The Labute approximate surface area is 118 Å². The number of hydrogen-bond acceptors (Lipinski definition) is 3. The summed E-state index contributed by atoms with van der Waals surface area (Å²) in [7, 11) is -1.84. The fraction of sp³-hybridized carbons (Fsp3) is 0.800. The number of allylic oxidation sites excluding steroid dienone is 1. The van der Waals surface area contributed by atoms with Gasteiger partial charge in [0.2, 0.25) is 5.78 Å². The van der Waals surface area contributed by atoms with Gasteiger partial charge in [-0.1, -0.05) is 27.7 Å². The van der Waals surface area contributed by atoms with E-state index in [0.29, 0.717) is 6.61 Å². The van der Waals surface area contributed by atoms with E-state index in [1.807, 2.05) is 6.92 Å². The highest BCUT2D eigenvalue weighted by atomic mass is 28.4. The molecule has 0 aliphatic carbocycles. The van der Waals surface area contributed by atoms with Gasteiger partial charge < -0.3 is 9.16 Å². The molecule has 1 atom stereocenters. The molecule has 1 rings (SSSR count). The van der Waals surface area contributed by atoms with Gasteiger partial charge in [0.25, 0.3) is 0 Å². The lowest BCUT2D eigenvalue weighted by Gasteiger charge is -2.38. The number of carbonyl (C=O) groups excluding carboxylic acids is 1. The average Bonchev–Trinajstić information content (AvgIpc) is 2.51. The van der Waals surface area contributed by atoms with Crippen molar-refractivity contribution in [1.29, 1.82) is 0 Å². The second-order valence-electron chi connectivity index (χ2n) is 7.11. The van der Waals surface area contributed by atoms with Crippen molar-refractivity contribution in [2.75, 3.05) is 6.61 Å². The van der Waals surface area contributed by atoms with Crippen LogP contribution in [0.15, 0.2) is 11.8 Å². The molecule has 1 heterocycles. The Morgan fingerprint density at radius 1 is 1.37 bits per heavy atom. The second kappa shape index (κ2) is 5.41. The van der Waals surface area contributed by atoms with Gasteiger partial charge in [0, 0.05) is 12.5 Å². The zero-order valence-corrected chi connectivity index (χ0v) is 14.4. The van der Waals surface area contributed by atoms with Gasteiger partial charge in [0.1, 0.15) is 5.76 Å². The molecule has 0 spiro atoms. The minimum atomic E-state index is -1.84. The molecule has 0 fully saturated rings. The van der Waals surface area contributed by atoms with Gasteiger partial charge >= 0.3 is 0 Å². The largest absolute Gasteiger partial charge is 0.481 e. The Balaban J connectivity index is 2.67. The van der Waals surface area contributed by atoms with Crippen LogP contribution >= 0.6 is 0 Å².